The normalized spacial score (nSPS) is 28.5. The lowest BCUT2D eigenvalue weighted by atomic mass is 9.81. The largest absolute Gasteiger partial charge is 0.364 e. The van der Waals surface area contributed by atoms with Crippen LogP contribution < -0.4 is 10.2 Å². The Labute approximate surface area is 133 Å². The zero-order chi connectivity index (χ0) is 15.0. The van der Waals surface area contributed by atoms with E-state index in [-0.39, 0.29) is 10.6 Å². The number of fused-ring (bicyclic) bond motifs is 2. The van der Waals surface area contributed by atoms with Crippen molar-refractivity contribution in [2.24, 2.45) is 0 Å². The van der Waals surface area contributed by atoms with Crippen LogP contribution in [-0.4, -0.2) is 30.1 Å². The molecule has 1 aromatic rings. The molecule has 2 saturated heterocycles. The second kappa shape index (κ2) is 5.93. The van der Waals surface area contributed by atoms with Crippen LogP contribution in [0.2, 0.25) is 0 Å². The molecule has 2 bridgehead atoms. The van der Waals surface area contributed by atoms with Crippen molar-refractivity contribution in [2.75, 3.05) is 11.9 Å². The third-order valence-corrected chi connectivity index (χ3v) is 5.47. The van der Waals surface area contributed by atoms with Gasteiger partial charge in [0.2, 0.25) is 0 Å². The Hall–Kier alpha value is -1.14. The minimum atomic E-state index is -0.313. The minimum absolute atomic E-state index is 0.169. The molecule has 2 aliphatic heterocycles. The van der Waals surface area contributed by atoms with Crippen LogP contribution in [0.25, 0.3) is 0 Å². The maximum atomic E-state index is 11.1. The first-order chi connectivity index (χ1) is 10.1. The van der Waals surface area contributed by atoms with Gasteiger partial charge in [0.05, 0.1) is 10.6 Å². The predicted molar refractivity (Wildman–Crippen MR) is 86.8 cm³/mol. The Balaban J connectivity index is 1.96. The number of rotatable bonds is 3. The zero-order valence-electron chi connectivity index (χ0n) is 12.1. The summed E-state index contributed by atoms with van der Waals surface area (Å²) in [5, 5.41) is 14.5. The Kier molecular flexibility index (Phi) is 4.17. The number of halogens is 1. The number of anilines is 1. The summed E-state index contributed by atoms with van der Waals surface area (Å²) < 4.78 is 0.952. The SMILES string of the molecule is CNC1CC2CCCC(C1)N2c1cc([N+](=O)[O-])ccc1Br. The second-order valence-corrected chi connectivity index (χ2v) is 6.85. The molecule has 0 spiro atoms. The van der Waals surface area contributed by atoms with Crippen molar-refractivity contribution in [3.8, 4) is 0 Å². The molecule has 0 amide bonds. The number of nitrogens with one attached hydrogen (secondary N) is 1. The average Bonchev–Trinajstić information content (AvgIpc) is 2.46. The third-order valence-electron chi connectivity index (χ3n) is 4.80. The van der Waals surface area contributed by atoms with Gasteiger partial charge in [-0.2, -0.15) is 0 Å². The van der Waals surface area contributed by atoms with E-state index in [9.17, 15) is 10.1 Å². The van der Waals surface area contributed by atoms with Crippen LogP contribution in [0.3, 0.4) is 0 Å². The number of piperidine rings is 2. The van der Waals surface area contributed by atoms with Gasteiger partial charge in [-0.3, -0.25) is 10.1 Å². The van der Waals surface area contributed by atoms with Crippen LogP contribution in [-0.2, 0) is 0 Å². The topological polar surface area (TPSA) is 58.4 Å². The van der Waals surface area contributed by atoms with Gasteiger partial charge >= 0.3 is 0 Å². The Bertz CT molecular complexity index is 538. The highest BCUT2D eigenvalue weighted by Crippen LogP contribution is 2.41. The van der Waals surface area contributed by atoms with E-state index in [0.29, 0.717) is 18.1 Å². The van der Waals surface area contributed by atoms with E-state index >= 15 is 0 Å². The van der Waals surface area contributed by atoms with Crippen LogP contribution in [0.1, 0.15) is 32.1 Å². The van der Waals surface area contributed by atoms with Crippen molar-refractivity contribution in [2.45, 2.75) is 50.2 Å². The van der Waals surface area contributed by atoms with Crippen LogP contribution in [0.15, 0.2) is 22.7 Å². The number of nitro benzene ring substituents is 1. The molecule has 0 aliphatic carbocycles. The molecule has 114 valence electrons. The lowest BCUT2D eigenvalue weighted by molar-refractivity contribution is -0.384. The van der Waals surface area contributed by atoms with Gasteiger partial charge in [-0.1, -0.05) is 0 Å². The summed E-state index contributed by atoms with van der Waals surface area (Å²) in [7, 11) is 2.03. The van der Waals surface area contributed by atoms with Crippen molar-refractivity contribution in [1.29, 1.82) is 0 Å². The highest BCUT2D eigenvalue weighted by Gasteiger charge is 2.38. The predicted octanol–water partition coefficient (Wildman–Crippen LogP) is 3.47. The van der Waals surface area contributed by atoms with E-state index in [0.717, 1.165) is 23.0 Å². The molecule has 2 unspecified atom stereocenters. The number of non-ortho nitro benzene ring substituents is 1. The molecule has 0 saturated carbocycles. The quantitative estimate of drug-likeness (QED) is 0.667. The molecule has 2 aliphatic rings. The maximum absolute atomic E-state index is 11.1. The highest BCUT2D eigenvalue weighted by atomic mass is 79.9. The molecular weight excluding hydrogens is 334 g/mol. The molecular formula is C15H20BrN3O2. The van der Waals surface area contributed by atoms with Crippen LogP contribution in [0.4, 0.5) is 11.4 Å². The second-order valence-electron chi connectivity index (χ2n) is 6.00. The monoisotopic (exact) mass is 353 g/mol. The molecule has 1 N–H and O–H groups in total. The van der Waals surface area contributed by atoms with Crippen molar-refractivity contribution >= 4 is 27.3 Å². The Morgan fingerprint density at radius 1 is 1.33 bits per heavy atom. The summed E-state index contributed by atoms with van der Waals surface area (Å²) in [6, 6.07) is 6.60. The average molecular weight is 354 g/mol. The summed E-state index contributed by atoms with van der Waals surface area (Å²) >= 11 is 3.58. The summed E-state index contributed by atoms with van der Waals surface area (Å²) in [5.74, 6) is 0. The highest BCUT2D eigenvalue weighted by molar-refractivity contribution is 9.10. The van der Waals surface area contributed by atoms with Gasteiger partial charge in [-0.15, -0.1) is 0 Å². The van der Waals surface area contributed by atoms with E-state index in [2.05, 4.69) is 26.1 Å². The van der Waals surface area contributed by atoms with Crippen LogP contribution in [0.5, 0.6) is 0 Å². The molecule has 6 heteroatoms. The van der Waals surface area contributed by atoms with Gasteiger partial charge in [0.15, 0.2) is 0 Å². The number of hydrogen-bond donors (Lipinski definition) is 1. The molecule has 3 rings (SSSR count). The Morgan fingerprint density at radius 3 is 2.57 bits per heavy atom. The third kappa shape index (κ3) is 2.79. The van der Waals surface area contributed by atoms with Gasteiger partial charge in [0.1, 0.15) is 0 Å². The number of benzene rings is 1. The molecule has 0 aromatic heterocycles. The van der Waals surface area contributed by atoms with E-state index in [1.807, 2.05) is 7.05 Å². The van der Waals surface area contributed by atoms with Gasteiger partial charge < -0.3 is 10.2 Å². The first-order valence-corrected chi connectivity index (χ1v) is 8.29. The number of nitro groups is 1. The number of nitrogens with zero attached hydrogens (tertiary/aromatic N) is 2. The van der Waals surface area contributed by atoms with Crippen molar-refractivity contribution < 1.29 is 4.92 Å². The standard InChI is InChI=1S/C15H20BrN3O2/c1-17-10-7-11-3-2-4-12(8-10)18(11)15-9-13(19(20)21)5-6-14(15)16/h5-6,9-12,17H,2-4,7-8H2,1H3. The van der Waals surface area contributed by atoms with Crippen molar-refractivity contribution in [3.05, 3.63) is 32.8 Å². The molecule has 2 atom stereocenters. The van der Waals surface area contributed by atoms with Crippen molar-refractivity contribution in [1.82, 2.24) is 5.32 Å². The first kappa shape index (κ1) is 14.8. The fourth-order valence-electron chi connectivity index (χ4n) is 3.82. The first-order valence-electron chi connectivity index (χ1n) is 7.49. The number of hydrogen-bond acceptors (Lipinski definition) is 4. The fourth-order valence-corrected chi connectivity index (χ4v) is 4.27. The minimum Gasteiger partial charge on any atom is -0.364 e. The smallest absolute Gasteiger partial charge is 0.271 e. The maximum Gasteiger partial charge on any atom is 0.271 e. The van der Waals surface area contributed by atoms with Crippen LogP contribution in [0, 0.1) is 10.1 Å². The van der Waals surface area contributed by atoms with E-state index < -0.39 is 0 Å². The molecule has 1 aromatic carbocycles. The molecule has 21 heavy (non-hydrogen) atoms. The lowest BCUT2D eigenvalue weighted by Crippen LogP contribution is -2.56. The molecule has 0 radical (unpaired) electrons. The van der Waals surface area contributed by atoms with E-state index in [1.165, 1.54) is 19.3 Å². The fraction of sp³-hybridized carbons (Fsp3) is 0.600. The summed E-state index contributed by atoms with van der Waals surface area (Å²) in [5.41, 5.74) is 1.15. The molecule has 2 fully saturated rings. The summed E-state index contributed by atoms with van der Waals surface area (Å²) in [6.45, 7) is 0. The zero-order valence-corrected chi connectivity index (χ0v) is 13.7. The van der Waals surface area contributed by atoms with Gasteiger partial charge in [-0.25, -0.2) is 0 Å². The lowest BCUT2D eigenvalue weighted by Gasteiger charge is -2.50. The summed E-state index contributed by atoms with van der Waals surface area (Å²) in [6.07, 6.45) is 5.83. The Morgan fingerprint density at radius 2 is 2.00 bits per heavy atom. The van der Waals surface area contributed by atoms with Crippen molar-refractivity contribution in [3.63, 3.8) is 0 Å². The molecule has 5 nitrogen and oxygen atoms in total. The van der Waals surface area contributed by atoms with Gasteiger partial charge in [-0.05, 0) is 61.1 Å². The van der Waals surface area contributed by atoms with E-state index in [1.54, 1.807) is 18.2 Å². The van der Waals surface area contributed by atoms with E-state index in [4.69, 9.17) is 0 Å². The van der Waals surface area contributed by atoms with Gasteiger partial charge in [0.25, 0.3) is 5.69 Å². The van der Waals surface area contributed by atoms with Crippen LogP contribution >= 0.6 is 15.9 Å². The summed E-state index contributed by atoms with van der Waals surface area (Å²) in [4.78, 5) is 13.2. The molecule has 2 heterocycles. The van der Waals surface area contributed by atoms with Gasteiger partial charge in [0, 0.05) is 34.7 Å².